The molecule has 1 aromatic rings. The average Bonchev–Trinajstić information content (AvgIpc) is 2.45. The average molecular weight is 299 g/mol. The zero-order chi connectivity index (χ0) is 15.0. The second-order valence-electron chi connectivity index (χ2n) is 4.52. The molecule has 1 aromatic carbocycles. The fourth-order valence-corrected chi connectivity index (χ4v) is 3.74. The van der Waals surface area contributed by atoms with Gasteiger partial charge in [-0.15, -0.1) is 0 Å². The van der Waals surface area contributed by atoms with Gasteiger partial charge in [0.25, 0.3) is 10.2 Å². The van der Waals surface area contributed by atoms with Gasteiger partial charge in [0.1, 0.15) is 0 Å². The molecule has 0 aliphatic heterocycles. The Bertz CT molecular complexity index is 472. The van der Waals surface area contributed by atoms with Gasteiger partial charge >= 0.3 is 0 Å². The summed E-state index contributed by atoms with van der Waals surface area (Å²) in [4.78, 5) is 0. The van der Waals surface area contributed by atoms with Crippen molar-refractivity contribution in [3.63, 3.8) is 0 Å². The lowest BCUT2D eigenvalue weighted by Crippen LogP contribution is -2.46. The van der Waals surface area contributed by atoms with Crippen LogP contribution in [0.5, 0.6) is 0 Å². The van der Waals surface area contributed by atoms with E-state index in [1.165, 1.54) is 8.61 Å². The molecule has 0 heterocycles. The zero-order valence-electron chi connectivity index (χ0n) is 12.3. The Morgan fingerprint density at radius 1 is 1.00 bits per heavy atom. The van der Waals surface area contributed by atoms with Crippen molar-refractivity contribution in [1.82, 2.24) is 8.61 Å². The second kappa shape index (κ2) is 8.36. The van der Waals surface area contributed by atoms with E-state index in [1.54, 1.807) is 0 Å². The lowest BCUT2D eigenvalue weighted by molar-refractivity contribution is 0.353. The van der Waals surface area contributed by atoms with Crippen molar-refractivity contribution in [2.24, 2.45) is 5.73 Å². The molecular weight excluding hydrogens is 274 g/mol. The van der Waals surface area contributed by atoms with E-state index >= 15 is 0 Å². The third kappa shape index (κ3) is 4.56. The molecule has 0 unspecified atom stereocenters. The third-order valence-corrected chi connectivity index (χ3v) is 5.42. The Hall–Kier alpha value is -0.950. The maximum atomic E-state index is 12.5. The SMILES string of the molecule is CCN(CC)S(=O)(=O)N(CCN)CCc1ccccc1. The minimum Gasteiger partial charge on any atom is -0.329 e. The van der Waals surface area contributed by atoms with Gasteiger partial charge in [-0.1, -0.05) is 44.2 Å². The molecule has 5 nitrogen and oxygen atoms in total. The minimum atomic E-state index is -3.41. The van der Waals surface area contributed by atoms with Crippen molar-refractivity contribution < 1.29 is 8.42 Å². The highest BCUT2D eigenvalue weighted by Gasteiger charge is 2.26. The lowest BCUT2D eigenvalue weighted by atomic mass is 10.1. The number of benzene rings is 1. The summed E-state index contributed by atoms with van der Waals surface area (Å²) in [5, 5.41) is 0. The standard InChI is InChI=1S/C14H25N3O2S/c1-3-16(4-2)20(18,19)17(13-11-15)12-10-14-8-6-5-7-9-14/h5-9H,3-4,10-13,15H2,1-2H3. The van der Waals surface area contributed by atoms with Gasteiger partial charge in [-0.05, 0) is 12.0 Å². The molecule has 0 aliphatic carbocycles. The van der Waals surface area contributed by atoms with E-state index in [1.807, 2.05) is 44.2 Å². The van der Waals surface area contributed by atoms with Crippen LogP contribution in [0.4, 0.5) is 0 Å². The summed E-state index contributed by atoms with van der Waals surface area (Å²) in [7, 11) is -3.41. The Kier molecular flexibility index (Phi) is 7.15. The van der Waals surface area contributed by atoms with Crippen LogP contribution >= 0.6 is 0 Å². The molecule has 0 saturated carbocycles. The summed E-state index contributed by atoms with van der Waals surface area (Å²) in [5.41, 5.74) is 6.68. The first-order valence-electron chi connectivity index (χ1n) is 7.05. The Balaban J connectivity index is 2.78. The van der Waals surface area contributed by atoms with Gasteiger partial charge in [0.05, 0.1) is 0 Å². The van der Waals surface area contributed by atoms with Crippen molar-refractivity contribution in [3.05, 3.63) is 35.9 Å². The topological polar surface area (TPSA) is 66.6 Å². The molecule has 1 rings (SSSR count). The van der Waals surface area contributed by atoms with E-state index in [9.17, 15) is 8.42 Å². The Morgan fingerprint density at radius 3 is 2.10 bits per heavy atom. The molecule has 2 N–H and O–H groups in total. The van der Waals surface area contributed by atoms with Crippen LogP contribution in [0.1, 0.15) is 19.4 Å². The van der Waals surface area contributed by atoms with Crippen LogP contribution in [0.2, 0.25) is 0 Å². The predicted molar refractivity (Wildman–Crippen MR) is 82.6 cm³/mol. The van der Waals surface area contributed by atoms with Crippen LogP contribution in [0, 0.1) is 0 Å². The third-order valence-electron chi connectivity index (χ3n) is 3.23. The number of hydrogen-bond donors (Lipinski definition) is 1. The van der Waals surface area contributed by atoms with Gasteiger partial charge in [0, 0.05) is 32.7 Å². The highest BCUT2D eigenvalue weighted by molar-refractivity contribution is 7.86. The second-order valence-corrected chi connectivity index (χ2v) is 6.44. The molecule has 0 atom stereocenters. The van der Waals surface area contributed by atoms with Gasteiger partial charge in [-0.2, -0.15) is 17.0 Å². The maximum absolute atomic E-state index is 12.5. The fourth-order valence-electron chi connectivity index (χ4n) is 2.10. The largest absolute Gasteiger partial charge is 0.329 e. The molecule has 0 aliphatic rings. The quantitative estimate of drug-likeness (QED) is 0.742. The van der Waals surface area contributed by atoms with Crippen molar-refractivity contribution in [3.8, 4) is 0 Å². The summed E-state index contributed by atoms with van der Waals surface area (Å²) in [5.74, 6) is 0. The number of rotatable bonds is 9. The molecule has 0 fully saturated rings. The lowest BCUT2D eigenvalue weighted by Gasteiger charge is -2.28. The summed E-state index contributed by atoms with van der Waals surface area (Å²) >= 11 is 0. The smallest absolute Gasteiger partial charge is 0.282 e. The van der Waals surface area contributed by atoms with E-state index in [0.29, 0.717) is 39.1 Å². The first kappa shape index (κ1) is 17.1. The summed E-state index contributed by atoms with van der Waals surface area (Å²) in [6.07, 6.45) is 0.696. The Labute approximate surface area is 122 Å². The molecule has 0 saturated heterocycles. The molecule has 0 amide bonds. The molecular formula is C14H25N3O2S. The molecule has 6 heteroatoms. The molecule has 20 heavy (non-hydrogen) atoms. The molecule has 0 bridgehead atoms. The summed E-state index contributed by atoms with van der Waals surface area (Å²) in [6.45, 7) is 5.79. The summed E-state index contributed by atoms with van der Waals surface area (Å²) < 4.78 is 27.9. The van der Waals surface area contributed by atoms with Crippen molar-refractivity contribution in [2.75, 3.05) is 32.7 Å². The molecule has 114 valence electrons. The van der Waals surface area contributed by atoms with Crippen LogP contribution in [0.25, 0.3) is 0 Å². The normalized spacial score (nSPS) is 12.2. The number of hydrogen-bond acceptors (Lipinski definition) is 3. The van der Waals surface area contributed by atoms with Crippen LogP contribution in [0.15, 0.2) is 30.3 Å². The number of nitrogens with zero attached hydrogens (tertiary/aromatic N) is 2. The van der Waals surface area contributed by atoms with Crippen LogP contribution in [0.3, 0.4) is 0 Å². The maximum Gasteiger partial charge on any atom is 0.282 e. The summed E-state index contributed by atoms with van der Waals surface area (Å²) in [6, 6.07) is 9.88. The van der Waals surface area contributed by atoms with Crippen LogP contribution < -0.4 is 5.73 Å². The van der Waals surface area contributed by atoms with Crippen molar-refractivity contribution in [1.29, 1.82) is 0 Å². The van der Waals surface area contributed by atoms with E-state index in [4.69, 9.17) is 5.73 Å². The van der Waals surface area contributed by atoms with Crippen LogP contribution in [-0.2, 0) is 16.6 Å². The fraction of sp³-hybridized carbons (Fsp3) is 0.571. The van der Waals surface area contributed by atoms with Gasteiger partial charge in [0.2, 0.25) is 0 Å². The predicted octanol–water partition coefficient (Wildman–Crippen LogP) is 1.08. The van der Waals surface area contributed by atoms with E-state index in [2.05, 4.69) is 0 Å². The Morgan fingerprint density at radius 2 is 1.60 bits per heavy atom. The van der Waals surface area contributed by atoms with E-state index < -0.39 is 10.2 Å². The van der Waals surface area contributed by atoms with Gasteiger partial charge < -0.3 is 5.73 Å². The number of nitrogens with two attached hydrogens (primary N) is 1. The van der Waals surface area contributed by atoms with Crippen LogP contribution in [-0.4, -0.2) is 49.8 Å². The first-order chi connectivity index (χ1) is 9.56. The first-order valence-corrected chi connectivity index (χ1v) is 8.45. The van der Waals surface area contributed by atoms with Gasteiger partial charge in [-0.3, -0.25) is 0 Å². The minimum absolute atomic E-state index is 0.329. The molecule has 0 radical (unpaired) electrons. The molecule has 0 aromatic heterocycles. The highest BCUT2D eigenvalue weighted by Crippen LogP contribution is 2.10. The highest BCUT2D eigenvalue weighted by atomic mass is 32.2. The van der Waals surface area contributed by atoms with Crippen molar-refractivity contribution >= 4 is 10.2 Å². The van der Waals surface area contributed by atoms with E-state index in [0.717, 1.165) is 5.56 Å². The van der Waals surface area contributed by atoms with Gasteiger partial charge in [0.15, 0.2) is 0 Å². The van der Waals surface area contributed by atoms with Crippen molar-refractivity contribution in [2.45, 2.75) is 20.3 Å². The van der Waals surface area contributed by atoms with E-state index in [-0.39, 0.29) is 0 Å². The zero-order valence-corrected chi connectivity index (χ0v) is 13.1. The molecule has 0 spiro atoms. The van der Waals surface area contributed by atoms with Gasteiger partial charge in [-0.25, -0.2) is 0 Å². The monoisotopic (exact) mass is 299 g/mol.